The average molecular weight is 370 g/mol. The smallest absolute Gasteiger partial charge is 0.227 e. The van der Waals surface area contributed by atoms with Crippen molar-refractivity contribution in [3.05, 3.63) is 83.6 Å². The molecular weight excluding hydrogens is 353 g/mol. The molecular formula is C21H17ClFNO2. The highest BCUT2D eigenvalue weighted by Crippen LogP contribution is 2.29. The van der Waals surface area contributed by atoms with Gasteiger partial charge >= 0.3 is 0 Å². The minimum atomic E-state index is -0.450. The molecule has 3 aromatic rings. The number of carbonyl (C=O) groups excluding carboxylic acids is 1. The zero-order valence-corrected chi connectivity index (χ0v) is 14.7. The number of hydrogen-bond acceptors (Lipinski definition) is 2. The number of ether oxygens (including phenoxy) is 1. The van der Waals surface area contributed by atoms with Crippen LogP contribution in [-0.2, 0) is 4.79 Å². The summed E-state index contributed by atoms with van der Waals surface area (Å²) < 4.78 is 18.8. The molecule has 1 amide bonds. The Labute approximate surface area is 156 Å². The van der Waals surface area contributed by atoms with Crippen LogP contribution in [0, 0.1) is 5.82 Å². The Balaban J connectivity index is 1.59. The average Bonchev–Trinajstić information content (AvgIpc) is 2.65. The van der Waals surface area contributed by atoms with Gasteiger partial charge in [-0.1, -0.05) is 60.1 Å². The monoisotopic (exact) mass is 369 g/mol. The van der Waals surface area contributed by atoms with Gasteiger partial charge in [-0.05, 0) is 29.8 Å². The first kappa shape index (κ1) is 18.0. The molecule has 26 heavy (non-hydrogen) atoms. The number of hydrogen-bond donors (Lipinski definition) is 1. The zero-order valence-electron chi connectivity index (χ0n) is 13.9. The van der Waals surface area contributed by atoms with E-state index in [9.17, 15) is 9.18 Å². The highest BCUT2D eigenvalue weighted by molar-refractivity contribution is 6.33. The number of para-hydroxylation sites is 1. The number of carbonyl (C=O) groups is 1. The van der Waals surface area contributed by atoms with Gasteiger partial charge in [-0.2, -0.15) is 0 Å². The van der Waals surface area contributed by atoms with Gasteiger partial charge in [-0.3, -0.25) is 4.79 Å². The standard InChI is InChI=1S/C21H17ClFNO2/c22-18-14-16(23)10-11-19(18)24-21(25)12-13-26-20-9-5-4-8-17(20)15-6-2-1-3-7-15/h1-11,14H,12-13H2,(H,24,25). The molecule has 0 atom stereocenters. The van der Waals surface area contributed by atoms with E-state index < -0.39 is 5.82 Å². The van der Waals surface area contributed by atoms with Gasteiger partial charge in [0, 0.05) is 5.56 Å². The molecule has 3 aromatic carbocycles. The Bertz CT molecular complexity index is 900. The van der Waals surface area contributed by atoms with Gasteiger partial charge in [0.1, 0.15) is 11.6 Å². The molecule has 0 heterocycles. The van der Waals surface area contributed by atoms with Crippen LogP contribution in [-0.4, -0.2) is 12.5 Å². The van der Waals surface area contributed by atoms with Gasteiger partial charge in [-0.25, -0.2) is 4.39 Å². The van der Waals surface area contributed by atoms with Gasteiger partial charge in [0.2, 0.25) is 5.91 Å². The van der Waals surface area contributed by atoms with Crippen molar-refractivity contribution in [2.24, 2.45) is 0 Å². The second-order valence-electron chi connectivity index (χ2n) is 5.63. The predicted molar refractivity (Wildman–Crippen MR) is 102 cm³/mol. The van der Waals surface area contributed by atoms with Crippen LogP contribution in [0.3, 0.4) is 0 Å². The molecule has 0 aliphatic carbocycles. The molecule has 0 aliphatic rings. The van der Waals surface area contributed by atoms with Crippen molar-refractivity contribution >= 4 is 23.2 Å². The summed E-state index contributed by atoms with van der Waals surface area (Å²) in [6.45, 7) is 0.217. The number of halogens is 2. The Morgan fingerprint density at radius 3 is 2.50 bits per heavy atom. The molecule has 3 rings (SSSR count). The van der Waals surface area contributed by atoms with E-state index in [1.165, 1.54) is 12.1 Å². The van der Waals surface area contributed by atoms with Crippen LogP contribution in [0.15, 0.2) is 72.8 Å². The molecule has 0 spiro atoms. The number of benzene rings is 3. The Morgan fingerprint density at radius 2 is 1.73 bits per heavy atom. The van der Waals surface area contributed by atoms with Crippen LogP contribution in [0.1, 0.15) is 6.42 Å². The van der Waals surface area contributed by atoms with E-state index >= 15 is 0 Å². The molecule has 0 bridgehead atoms. The normalized spacial score (nSPS) is 10.4. The van der Waals surface area contributed by atoms with E-state index in [-0.39, 0.29) is 24.0 Å². The van der Waals surface area contributed by atoms with E-state index in [4.69, 9.17) is 16.3 Å². The summed E-state index contributed by atoms with van der Waals surface area (Å²) in [5.74, 6) is 0.0101. The van der Waals surface area contributed by atoms with Crippen LogP contribution in [0.5, 0.6) is 5.75 Å². The molecule has 0 aliphatic heterocycles. The second-order valence-corrected chi connectivity index (χ2v) is 6.04. The topological polar surface area (TPSA) is 38.3 Å². The Kier molecular flexibility index (Phi) is 5.87. The molecule has 132 valence electrons. The molecule has 3 nitrogen and oxygen atoms in total. The van der Waals surface area contributed by atoms with Crippen molar-refractivity contribution < 1.29 is 13.9 Å². The fraction of sp³-hybridized carbons (Fsp3) is 0.0952. The third kappa shape index (κ3) is 4.61. The fourth-order valence-electron chi connectivity index (χ4n) is 2.51. The molecule has 5 heteroatoms. The minimum Gasteiger partial charge on any atom is -0.492 e. The third-order valence-electron chi connectivity index (χ3n) is 3.76. The quantitative estimate of drug-likeness (QED) is 0.618. The van der Waals surface area contributed by atoms with Crippen LogP contribution >= 0.6 is 11.6 Å². The first-order chi connectivity index (χ1) is 12.6. The molecule has 0 saturated carbocycles. The summed E-state index contributed by atoms with van der Waals surface area (Å²) in [4.78, 5) is 12.1. The van der Waals surface area contributed by atoms with Crippen LogP contribution in [0.2, 0.25) is 5.02 Å². The maximum absolute atomic E-state index is 13.0. The SMILES string of the molecule is O=C(CCOc1ccccc1-c1ccccc1)Nc1ccc(F)cc1Cl. The van der Waals surface area contributed by atoms with Crippen molar-refractivity contribution in [1.29, 1.82) is 0 Å². The van der Waals surface area contributed by atoms with E-state index in [1.54, 1.807) is 0 Å². The lowest BCUT2D eigenvalue weighted by molar-refractivity contribution is -0.116. The summed E-state index contributed by atoms with van der Waals surface area (Å²) in [7, 11) is 0. The summed E-state index contributed by atoms with van der Waals surface area (Å²) in [6, 6.07) is 21.4. The lowest BCUT2D eigenvalue weighted by Crippen LogP contribution is -2.15. The predicted octanol–water partition coefficient (Wildman–Crippen LogP) is 5.55. The second kappa shape index (κ2) is 8.50. The Hall–Kier alpha value is -2.85. The van der Waals surface area contributed by atoms with E-state index in [1.807, 2.05) is 54.6 Å². The van der Waals surface area contributed by atoms with Crippen LogP contribution in [0.4, 0.5) is 10.1 Å². The van der Waals surface area contributed by atoms with Gasteiger partial charge in [0.15, 0.2) is 0 Å². The van der Waals surface area contributed by atoms with Gasteiger partial charge in [-0.15, -0.1) is 0 Å². The third-order valence-corrected chi connectivity index (χ3v) is 4.08. The molecule has 0 saturated heterocycles. The lowest BCUT2D eigenvalue weighted by Gasteiger charge is -2.12. The Morgan fingerprint density at radius 1 is 1.00 bits per heavy atom. The van der Waals surface area contributed by atoms with Crippen LogP contribution in [0.25, 0.3) is 11.1 Å². The maximum Gasteiger partial charge on any atom is 0.227 e. The molecule has 0 aromatic heterocycles. The summed E-state index contributed by atoms with van der Waals surface area (Å²) in [5, 5.41) is 2.81. The van der Waals surface area contributed by atoms with Crippen LogP contribution < -0.4 is 10.1 Å². The summed E-state index contributed by atoms with van der Waals surface area (Å²) in [5.41, 5.74) is 2.39. The van der Waals surface area contributed by atoms with Gasteiger partial charge < -0.3 is 10.1 Å². The highest BCUT2D eigenvalue weighted by atomic mass is 35.5. The number of rotatable bonds is 6. The zero-order chi connectivity index (χ0) is 18.4. The number of amides is 1. The van der Waals surface area contributed by atoms with E-state index in [0.29, 0.717) is 11.4 Å². The van der Waals surface area contributed by atoms with Crippen molar-refractivity contribution in [1.82, 2.24) is 0 Å². The van der Waals surface area contributed by atoms with Crippen molar-refractivity contribution in [2.45, 2.75) is 6.42 Å². The van der Waals surface area contributed by atoms with Crippen molar-refractivity contribution in [2.75, 3.05) is 11.9 Å². The first-order valence-electron chi connectivity index (χ1n) is 8.15. The van der Waals surface area contributed by atoms with Gasteiger partial charge in [0.05, 0.1) is 23.7 Å². The molecule has 0 fully saturated rings. The van der Waals surface area contributed by atoms with E-state index in [2.05, 4.69) is 5.32 Å². The first-order valence-corrected chi connectivity index (χ1v) is 8.53. The largest absolute Gasteiger partial charge is 0.492 e. The molecule has 0 radical (unpaired) electrons. The van der Waals surface area contributed by atoms with E-state index in [0.717, 1.165) is 17.2 Å². The molecule has 0 unspecified atom stereocenters. The number of anilines is 1. The highest BCUT2D eigenvalue weighted by Gasteiger charge is 2.09. The van der Waals surface area contributed by atoms with Crippen molar-refractivity contribution in [3.8, 4) is 16.9 Å². The molecule has 1 N–H and O–H groups in total. The summed E-state index contributed by atoms with van der Waals surface area (Å²) >= 11 is 5.91. The number of nitrogens with one attached hydrogen (secondary N) is 1. The van der Waals surface area contributed by atoms with Crippen molar-refractivity contribution in [3.63, 3.8) is 0 Å². The van der Waals surface area contributed by atoms with Gasteiger partial charge in [0.25, 0.3) is 0 Å². The summed E-state index contributed by atoms with van der Waals surface area (Å²) in [6.07, 6.45) is 0.150. The fourth-order valence-corrected chi connectivity index (χ4v) is 2.72. The minimum absolute atomic E-state index is 0.150. The maximum atomic E-state index is 13.0. The lowest BCUT2D eigenvalue weighted by atomic mass is 10.1.